The van der Waals surface area contributed by atoms with Crippen molar-refractivity contribution in [3.63, 3.8) is 0 Å². The summed E-state index contributed by atoms with van der Waals surface area (Å²) in [6.45, 7) is 5.90. The molecule has 0 bridgehead atoms. The van der Waals surface area contributed by atoms with Gasteiger partial charge in [0.15, 0.2) is 5.82 Å². The Morgan fingerprint density at radius 3 is 2.65 bits per heavy atom. The van der Waals surface area contributed by atoms with Crippen molar-refractivity contribution in [2.24, 2.45) is 0 Å². The van der Waals surface area contributed by atoms with Crippen LogP contribution in [-0.2, 0) is 12.2 Å². The summed E-state index contributed by atoms with van der Waals surface area (Å²) in [6, 6.07) is 8.20. The molecule has 1 aromatic carbocycles. The molecule has 120 valence electrons. The molecule has 2 heterocycles. The number of aryl methyl sites for hydroxylation is 2. The van der Waals surface area contributed by atoms with Gasteiger partial charge in [-0.3, -0.25) is 0 Å². The molecule has 0 aliphatic carbocycles. The van der Waals surface area contributed by atoms with Crippen LogP contribution in [0.25, 0.3) is 0 Å². The second-order valence-electron chi connectivity index (χ2n) is 5.33. The molecule has 3 rings (SSSR count). The first-order valence-corrected chi connectivity index (χ1v) is 8.44. The van der Waals surface area contributed by atoms with Gasteiger partial charge < -0.3 is 8.94 Å². The Hall–Kier alpha value is -2.15. The van der Waals surface area contributed by atoms with Crippen LogP contribution in [0.15, 0.2) is 33.2 Å². The smallest absolute Gasteiger partial charge is 0.239 e. The lowest BCUT2D eigenvalue weighted by atomic mass is 10.1. The van der Waals surface area contributed by atoms with Crippen LogP contribution in [0.1, 0.15) is 46.8 Å². The highest BCUT2D eigenvalue weighted by Gasteiger charge is 2.15. The standard InChI is InChI=1S/C16H18N4O2S/c1-10-6-4-5-7-13(10)8-14-18-19-15(21-14)9-23-11(2)16-17-12(3)20-22-16/h4-7,11H,8-9H2,1-3H3/t11-/m0/s1. The van der Waals surface area contributed by atoms with Crippen molar-refractivity contribution < 1.29 is 8.94 Å². The van der Waals surface area contributed by atoms with E-state index in [2.05, 4.69) is 39.4 Å². The SMILES string of the molecule is Cc1noc([C@H](C)SCc2nnc(Cc3ccccc3C)o2)n1. The van der Waals surface area contributed by atoms with E-state index in [-0.39, 0.29) is 5.25 Å². The Labute approximate surface area is 138 Å². The number of hydrogen-bond donors (Lipinski definition) is 0. The van der Waals surface area contributed by atoms with Gasteiger partial charge in [0, 0.05) is 0 Å². The van der Waals surface area contributed by atoms with E-state index in [0.717, 1.165) is 0 Å². The van der Waals surface area contributed by atoms with Crippen molar-refractivity contribution in [2.45, 2.75) is 38.2 Å². The van der Waals surface area contributed by atoms with E-state index in [1.54, 1.807) is 18.7 Å². The average molecular weight is 330 g/mol. The molecule has 0 N–H and O–H groups in total. The second-order valence-corrected chi connectivity index (χ2v) is 6.65. The number of benzene rings is 1. The molecular weight excluding hydrogens is 312 g/mol. The first kappa shape index (κ1) is 15.7. The maximum absolute atomic E-state index is 5.72. The first-order valence-electron chi connectivity index (χ1n) is 7.39. The zero-order chi connectivity index (χ0) is 16.2. The molecule has 0 unspecified atom stereocenters. The number of thioether (sulfide) groups is 1. The van der Waals surface area contributed by atoms with Crippen molar-refractivity contribution in [1.29, 1.82) is 0 Å². The molecule has 1 atom stereocenters. The molecule has 0 radical (unpaired) electrons. The molecule has 3 aromatic rings. The summed E-state index contributed by atoms with van der Waals surface area (Å²) in [7, 11) is 0. The van der Waals surface area contributed by atoms with Crippen LogP contribution >= 0.6 is 11.8 Å². The monoisotopic (exact) mass is 330 g/mol. The lowest BCUT2D eigenvalue weighted by Crippen LogP contribution is -1.91. The molecule has 2 aromatic heterocycles. The lowest BCUT2D eigenvalue weighted by Gasteiger charge is -2.03. The summed E-state index contributed by atoms with van der Waals surface area (Å²) < 4.78 is 10.9. The molecule has 0 spiro atoms. The molecule has 0 saturated heterocycles. The van der Waals surface area contributed by atoms with E-state index < -0.39 is 0 Å². The van der Waals surface area contributed by atoms with E-state index in [1.165, 1.54) is 11.1 Å². The molecule has 0 aliphatic heterocycles. The van der Waals surface area contributed by atoms with Crippen molar-refractivity contribution in [2.75, 3.05) is 0 Å². The number of hydrogen-bond acceptors (Lipinski definition) is 7. The maximum Gasteiger partial charge on any atom is 0.239 e. The fourth-order valence-electron chi connectivity index (χ4n) is 2.14. The van der Waals surface area contributed by atoms with Gasteiger partial charge in [-0.2, -0.15) is 4.98 Å². The van der Waals surface area contributed by atoms with Gasteiger partial charge in [-0.05, 0) is 31.9 Å². The summed E-state index contributed by atoms with van der Waals surface area (Å²) in [5.74, 6) is 3.12. The molecule has 6 nitrogen and oxygen atoms in total. The molecular formula is C16H18N4O2S. The third-order valence-corrected chi connectivity index (χ3v) is 4.57. The quantitative estimate of drug-likeness (QED) is 0.682. The van der Waals surface area contributed by atoms with Gasteiger partial charge >= 0.3 is 0 Å². The summed E-state index contributed by atoms with van der Waals surface area (Å²) in [5, 5.41) is 12.1. The fraction of sp³-hybridized carbons (Fsp3) is 0.375. The van der Waals surface area contributed by atoms with E-state index >= 15 is 0 Å². The minimum atomic E-state index is 0.0860. The predicted octanol–water partition coefficient (Wildman–Crippen LogP) is 3.65. The van der Waals surface area contributed by atoms with Gasteiger partial charge in [0.2, 0.25) is 17.7 Å². The zero-order valence-electron chi connectivity index (χ0n) is 13.3. The van der Waals surface area contributed by atoms with Crippen LogP contribution in [0, 0.1) is 13.8 Å². The Morgan fingerprint density at radius 2 is 1.91 bits per heavy atom. The molecule has 0 fully saturated rings. The van der Waals surface area contributed by atoms with Gasteiger partial charge in [-0.15, -0.1) is 22.0 Å². The zero-order valence-corrected chi connectivity index (χ0v) is 14.1. The number of aromatic nitrogens is 4. The summed E-state index contributed by atoms with van der Waals surface area (Å²) in [5.41, 5.74) is 2.42. The van der Waals surface area contributed by atoms with E-state index in [0.29, 0.717) is 35.7 Å². The molecule has 23 heavy (non-hydrogen) atoms. The number of nitrogens with zero attached hydrogens (tertiary/aromatic N) is 4. The fourth-order valence-corrected chi connectivity index (χ4v) is 2.88. The topological polar surface area (TPSA) is 77.8 Å². The Kier molecular flexibility index (Phi) is 4.76. The van der Waals surface area contributed by atoms with Crippen molar-refractivity contribution in [3.05, 3.63) is 58.9 Å². The van der Waals surface area contributed by atoms with E-state index in [1.807, 2.05) is 19.1 Å². The number of rotatable bonds is 6. The van der Waals surface area contributed by atoms with Gasteiger partial charge in [0.05, 0.1) is 17.4 Å². The summed E-state index contributed by atoms with van der Waals surface area (Å²) in [6.07, 6.45) is 0.656. The first-order chi connectivity index (χ1) is 11.1. The second kappa shape index (κ2) is 6.95. The Bertz CT molecular complexity index is 784. The van der Waals surface area contributed by atoms with Crippen LogP contribution in [0.2, 0.25) is 0 Å². The maximum atomic E-state index is 5.72. The Balaban J connectivity index is 1.58. The Morgan fingerprint density at radius 1 is 1.13 bits per heavy atom. The van der Waals surface area contributed by atoms with Crippen molar-refractivity contribution in [1.82, 2.24) is 20.3 Å². The molecule has 7 heteroatoms. The largest absolute Gasteiger partial charge is 0.424 e. The van der Waals surface area contributed by atoms with Gasteiger partial charge in [-0.1, -0.05) is 29.4 Å². The van der Waals surface area contributed by atoms with Crippen LogP contribution in [0.4, 0.5) is 0 Å². The highest BCUT2D eigenvalue weighted by molar-refractivity contribution is 7.98. The third-order valence-electron chi connectivity index (χ3n) is 3.46. The van der Waals surface area contributed by atoms with Crippen LogP contribution in [-0.4, -0.2) is 20.3 Å². The molecule has 0 amide bonds. The van der Waals surface area contributed by atoms with Gasteiger partial charge in [-0.25, -0.2) is 0 Å². The van der Waals surface area contributed by atoms with E-state index in [9.17, 15) is 0 Å². The normalized spacial score (nSPS) is 12.5. The van der Waals surface area contributed by atoms with Crippen LogP contribution < -0.4 is 0 Å². The predicted molar refractivity (Wildman–Crippen MR) is 87.0 cm³/mol. The highest BCUT2D eigenvalue weighted by atomic mass is 32.2. The molecule has 0 aliphatic rings. The summed E-state index contributed by atoms with van der Waals surface area (Å²) >= 11 is 1.63. The van der Waals surface area contributed by atoms with Crippen LogP contribution in [0.3, 0.4) is 0 Å². The highest BCUT2D eigenvalue weighted by Crippen LogP contribution is 2.29. The van der Waals surface area contributed by atoms with E-state index in [4.69, 9.17) is 8.94 Å². The van der Waals surface area contributed by atoms with Gasteiger partial charge in [0.1, 0.15) is 0 Å². The van der Waals surface area contributed by atoms with Gasteiger partial charge in [0.25, 0.3) is 0 Å². The van der Waals surface area contributed by atoms with Crippen LogP contribution in [0.5, 0.6) is 0 Å². The average Bonchev–Trinajstić information content (AvgIpc) is 3.16. The molecule has 0 saturated carbocycles. The minimum Gasteiger partial charge on any atom is -0.424 e. The summed E-state index contributed by atoms with van der Waals surface area (Å²) in [4.78, 5) is 4.23. The lowest BCUT2D eigenvalue weighted by molar-refractivity contribution is 0.376. The minimum absolute atomic E-state index is 0.0860. The third kappa shape index (κ3) is 3.98. The van der Waals surface area contributed by atoms with Crippen molar-refractivity contribution >= 4 is 11.8 Å². The van der Waals surface area contributed by atoms with Crippen molar-refractivity contribution in [3.8, 4) is 0 Å².